The molecule has 0 aromatic heterocycles. The molecule has 4 nitrogen and oxygen atoms in total. The first kappa shape index (κ1) is 12.5. The lowest BCUT2D eigenvalue weighted by molar-refractivity contribution is -0.142. The van der Waals surface area contributed by atoms with E-state index in [4.69, 9.17) is 5.11 Å². The molecule has 2 unspecified atom stereocenters. The molecule has 2 N–H and O–H groups in total. The lowest BCUT2D eigenvalue weighted by atomic mass is 10.0. The number of carboxylic acid groups (broad SMARTS) is 1. The lowest BCUT2D eigenvalue weighted by Gasteiger charge is -2.25. The van der Waals surface area contributed by atoms with Crippen molar-refractivity contribution in [2.75, 3.05) is 13.1 Å². The van der Waals surface area contributed by atoms with Gasteiger partial charge in [0.15, 0.2) is 0 Å². The molecular formula is C11H21NO3. The van der Waals surface area contributed by atoms with Crippen molar-refractivity contribution < 1.29 is 15.0 Å². The fourth-order valence-electron chi connectivity index (χ4n) is 2.22. The van der Waals surface area contributed by atoms with Crippen LogP contribution in [-0.4, -0.2) is 46.3 Å². The molecule has 0 aliphatic carbocycles. The van der Waals surface area contributed by atoms with Crippen LogP contribution in [0.15, 0.2) is 0 Å². The van der Waals surface area contributed by atoms with E-state index in [9.17, 15) is 9.90 Å². The Hall–Kier alpha value is -0.610. The average molecular weight is 215 g/mol. The Kier molecular flexibility index (Phi) is 4.54. The molecule has 0 saturated carbocycles. The van der Waals surface area contributed by atoms with Crippen LogP contribution in [0.25, 0.3) is 0 Å². The molecule has 0 bridgehead atoms. The molecule has 1 rings (SSSR count). The summed E-state index contributed by atoms with van der Waals surface area (Å²) in [6.45, 7) is 5.54. The molecule has 1 fully saturated rings. The number of hydrogen-bond donors (Lipinski definition) is 2. The second-order valence-electron chi connectivity index (χ2n) is 4.38. The average Bonchev–Trinajstić information content (AvgIpc) is 2.56. The van der Waals surface area contributed by atoms with Crippen LogP contribution in [0.1, 0.15) is 33.1 Å². The number of aliphatic carboxylic acids is 1. The van der Waals surface area contributed by atoms with Gasteiger partial charge in [-0.3, -0.25) is 9.69 Å². The van der Waals surface area contributed by atoms with Gasteiger partial charge in [-0.2, -0.15) is 0 Å². The van der Waals surface area contributed by atoms with E-state index in [1.807, 2.05) is 4.90 Å². The SMILES string of the molecule is CCC(CC)CN1CC(O)CC1C(=O)O. The van der Waals surface area contributed by atoms with E-state index in [1.54, 1.807) is 0 Å². The maximum absolute atomic E-state index is 11.0. The summed E-state index contributed by atoms with van der Waals surface area (Å²) in [5, 5.41) is 18.5. The predicted molar refractivity (Wildman–Crippen MR) is 57.7 cm³/mol. The zero-order chi connectivity index (χ0) is 11.4. The van der Waals surface area contributed by atoms with Gasteiger partial charge in [0.1, 0.15) is 6.04 Å². The quantitative estimate of drug-likeness (QED) is 0.716. The molecular weight excluding hydrogens is 194 g/mol. The summed E-state index contributed by atoms with van der Waals surface area (Å²) in [6, 6.07) is -0.486. The highest BCUT2D eigenvalue weighted by Gasteiger charge is 2.36. The number of nitrogens with zero attached hydrogens (tertiary/aromatic N) is 1. The Morgan fingerprint density at radius 2 is 2.07 bits per heavy atom. The number of likely N-dealkylation sites (tertiary alicyclic amines) is 1. The Balaban J connectivity index is 2.55. The van der Waals surface area contributed by atoms with Crippen LogP contribution in [0, 0.1) is 5.92 Å². The third-order valence-electron chi connectivity index (χ3n) is 3.31. The van der Waals surface area contributed by atoms with Crippen LogP contribution in [0.2, 0.25) is 0 Å². The summed E-state index contributed by atoms with van der Waals surface area (Å²) < 4.78 is 0. The van der Waals surface area contributed by atoms with Crippen LogP contribution < -0.4 is 0 Å². The smallest absolute Gasteiger partial charge is 0.321 e. The molecule has 1 aliphatic rings. The van der Waals surface area contributed by atoms with Gasteiger partial charge in [-0.05, 0) is 5.92 Å². The van der Waals surface area contributed by atoms with E-state index in [2.05, 4.69) is 13.8 Å². The Labute approximate surface area is 90.9 Å². The Bertz CT molecular complexity index is 216. The van der Waals surface area contributed by atoms with E-state index < -0.39 is 18.1 Å². The minimum atomic E-state index is -0.808. The van der Waals surface area contributed by atoms with Gasteiger partial charge in [0.05, 0.1) is 6.10 Å². The van der Waals surface area contributed by atoms with Crippen LogP contribution in [0.3, 0.4) is 0 Å². The van der Waals surface area contributed by atoms with Crippen molar-refractivity contribution in [2.45, 2.75) is 45.3 Å². The number of hydrogen-bond acceptors (Lipinski definition) is 3. The molecule has 1 saturated heterocycles. The van der Waals surface area contributed by atoms with Crippen molar-refractivity contribution in [3.05, 3.63) is 0 Å². The number of aliphatic hydroxyl groups is 1. The van der Waals surface area contributed by atoms with Gasteiger partial charge in [-0.15, -0.1) is 0 Å². The minimum Gasteiger partial charge on any atom is -0.480 e. The standard InChI is InChI=1S/C11H21NO3/c1-3-8(4-2)6-12-7-9(13)5-10(12)11(14)15/h8-10,13H,3-7H2,1-2H3,(H,14,15). The molecule has 0 amide bonds. The molecule has 0 aromatic rings. The third kappa shape index (κ3) is 3.18. The lowest BCUT2D eigenvalue weighted by Crippen LogP contribution is -2.39. The molecule has 88 valence electrons. The summed E-state index contributed by atoms with van der Waals surface area (Å²) in [4.78, 5) is 12.9. The summed E-state index contributed by atoms with van der Waals surface area (Å²) in [7, 11) is 0. The molecule has 15 heavy (non-hydrogen) atoms. The van der Waals surface area contributed by atoms with Crippen LogP contribution >= 0.6 is 0 Å². The van der Waals surface area contributed by atoms with E-state index >= 15 is 0 Å². The first-order chi connectivity index (χ1) is 7.08. The molecule has 1 aliphatic heterocycles. The maximum atomic E-state index is 11.0. The van der Waals surface area contributed by atoms with Gasteiger partial charge < -0.3 is 10.2 Å². The fraction of sp³-hybridized carbons (Fsp3) is 0.909. The molecule has 2 atom stereocenters. The van der Waals surface area contributed by atoms with Gasteiger partial charge >= 0.3 is 5.97 Å². The van der Waals surface area contributed by atoms with E-state index in [0.717, 1.165) is 19.4 Å². The molecule has 1 heterocycles. The van der Waals surface area contributed by atoms with Crippen molar-refractivity contribution in [3.63, 3.8) is 0 Å². The number of carbonyl (C=O) groups is 1. The van der Waals surface area contributed by atoms with E-state index in [1.165, 1.54) is 0 Å². The topological polar surface area (TPSA) is 60.8 Å². The zero-order valence-corrected chi connectivity index (χ0v) is 9.52. The molecule has 0 spiro atoms. The van der Waals surface area contributed by atoms with E-state index in [0.29, 0.717) is 18.9 Å². The second-order valence-corrected chi connectivity index (χ2v) is 4.38. The summed E-state index contributed by atoms with van der Waals surface area (Å²) >= 11 is 0. The number of carboxylic acids is 1. The van der Waals surface area contributed by atoms with Crippen LogP contribution in [0.4, 0.5) is 0 Å². The summed E-state index contributed by atoms with van der Waals surface area (Å²) in [5.74, 6) is -0.269. The molecule has 4 heteroatoms. The van der Waals surface area contributed by atoms with Gasteiger partial charge in [0, 0.05) is 19.5 Å². The van der Waals surface area contributed by atoms with Gasteiger partial charge in [0.25, 0.3) is 0 Å². The second kappa shape index (κ2) is 5.47. The highest BCUT2D eigenvalue weighted by Crippen LogP contribution is 2.21. The summed E-state index contributed by atoms with van der Waals surface area (Å²) in [6.07, 6.45) is 2.03. The first-order valence-corrected chi connectivity index (χ1v) is 5.73. The van der Waals surface area contributed by atoms with Crippen molar-refractivity contribution in [2.24, 2.45) is 5.92 Å². The molecule has 0 aromatic carbocycles. The largest absolute Gasteiger partial charge is 0.480 e. The summed E-state index contributed by atoms with van der Waals surface area (Å²) in [5.41, 5.74) is 0. The van der Waals surface area contributed by atoms with Crippen molar-refractivity contribution in [1.29, 1.82) is 0 Å². The monoisotopic (exact) mass is 215 g/mol. The van der Waals surface area contributed by atoms with Crippen LogP contribution in [0.5, 0.6) is 0 Å². The predicted octanol–water partition coefficient (Wildman–Crippen LogP) is 0.942. The Morgan fingerprint density at radius 1 is 1.47 bits per heavy atom. The van der Waals surface area contributed by atoms with Crippen LogP contribution in [-0.2, 0) is 4.79 Å². The van der Waals surface area contributed by atoms with E-state index in [-0.39, 0.29) is 0 Å². The van der Waals surface area contributed by atoms with Crippen molar-refractivity contribution in [3.8, 4) is 0 Å². The number of aliphatic hydroxyl groups excluding tert-OH is 1. The maximum Gasteiger partial charge on any atom is 0.321 e. The Morgan fingerprint density at radius 3 is 2.53 bits per heavy atom. The highest BCUT2D eigenvalue weighted by molar-refractivity contribution is 5.74. The van der Waals surface area contributed by atoms with Crippen molar-refractivity contribution in [1.82, 2.24) is 4.90 Å². The van der Waals surface area contributed by atoms with Gasteiger partial charge in [0.2, 0.25) is 0 Å². The zero-order valence-electron chi connectivity index (χ0n) is 9.52. The van der Waals surface area contributed by atoms with Gasteiger partial charge in [-0.25, -0.2) is 0 Å². The molecule has 0 radical (unpaired) electrons. The number of rotatable bonds is 5. The number of β-amino-alcohol motifs (C(OH)–C–C–N with tert-alkyl or cyclic N) is 1. The third-order valence-corrected chi connectivity index (χ3v) is 3.31. The fourth-order valence-corrected chi connectivity index (χ4v) is 2.22. The van der Waals surface area contributed by atoms with Crippen molar-refractivity contribution >= 4 is 5.97 Å². The minimum absolute atomic E-state index is 0.371. The normalized spacial score (nSPS) is 27.5. The van der Waals surface area contributed by atoms with Gasteiger partial charge in [-0.1, -0.05) is 26.7 Å². The highest BCUT2D eigenvalue weighted by atomic mass is 16.4. The first-order valence-electron chi connectivity index (χ1n) is 5.73.